The van der Waals surface area contributed by atoms with Crippen LogP contribution in [0.5, 0.6) is 0 Å². The average molecular weight is 520 g/mol. The zero-order valence-electron chi connectivity index (χ0n) is 19.9. The monoisotopic (exact) mass is 519 g/mol. The van der Waals surface area contributed by atoms with Gasteiger partial charge in [0.25, 0.3) is 0 Å². The Kier molecular flexibility index (Phi) is 8.04. The molecule has 2 saturated heterocycles. The van der Waals surface area contributed by atoms with Gasteiger partial charge in [0.2, 0.25) is 15.9 Å². The molecular weight excluding hydrogens is 489 g/mol. The molecule has 0 bridgehead atoms. The zero-order chi connectivity index (χ0) is 25.8. The minimum absolute atomic E-state index is 0.0168. The summed E-state index contributed by atoms with van der Waals surface area (Å²) in [5.74, 6) is -1.85. The summed E-state index contributed by atoms with van der Waals surface area (Å²) in [5, 5.41) is 13.4. The standard InChI is InChI=1S/C25H30FN3O6S/c26-21-5-1-19(2-6-21)20-3-7-22(8-4-20)36(33,34)29(25(24(31)32)10-17-35-18-11-25)14-9-23(30)28-15-12-27-13-16-28/h1-8,27H,9-18H2,(H,31,32). The van der Waals surface area contributed by atoms with Crippen molar-refractivity contribution in [3.05, 3.63) is 54.3 Å². The van der Waals surface area contributed by atoms with Crippen LogP contribution in [0.15, 0.2) is 53.4 Å². The van der Waals surface area contributed by atoms with Crippen LogP contribution in [0, 0.1) is 5.82 Å². The number of hydrogen-bond donors (Lipinski definition) is 2. The van der Waals surface area contributed by atoms with Gasteiger partial charge in [0.05, 0.1) is 4.90 Å². The molecule has 0 saturated carbocycles. The molecule has 2 aliphatic heterocycles. The van der Waals surface area contributed by atoms with E-state index in [9.17, 15) is 27.5 Å². The lowest BCUT2D eigenvalue weighted by atomic mass is 9.90. The smallest absolute Gasteiger partial charge is 0.325 e. The van der Waals surface area contributed by atoms with Crippen LogP contribution in [0.2, 0.25) is 0 Å². The number of sulfonamides is 1. The lowest BCUT2D eigenvalue weighted by molar-refractivity contribution is -0.154. The van der Waals surface area contributed by atoms with E-state index in [2.05, 4.69) is 5.32 Å². The molecule has 0 aromatic heterocycles. The average Bonchev–Trinajstić information content (AvgIpc) is 2.90. The van der Waals surface area contributed by atoms with Gasteiger partial charge < -0.3 is 20.1 Å². The first-order chi connectivity index (χ1) is 17.2. The summed E-state index contributed by atoms with van der Waals surface area (Å²) in [6.45, 7) is 2.32. The van der Waals surface area contributed by atoms with Gasteiger partial charge in [0, 0.05) is 65.2 Å². The Morgan fingerprint density at radius 1 is 1.00 bits per heavy atom. The second-order valence-corrected chi connectivity index (χ2v) is 10.8. The number of carboxylic acids is 1. The van der Waals surface area contributed by atoms with Crippen LogP contribution in [-0.4, -0.2) is 86.1 Å². The first-order valence-corrected chi connectivity index (χ1v) is 13.4. The van der Waals surface area contributed by atoms with Gasteiger partial charge >= 0.3 is 5.97 Å². The molecule has 194 valence electrons. The van der Waals surface area contributed by atoms with Crippen molar-refractivity contribution in [1.29, 1.82) is 0 Å². The van der Waals surface area contributed by atoms with Crippen molar-refractivity contribution in [2.75, 3.05) is 45.9 Å². The largest absolute Gasteiger partial charge is 0.480 e. The third-order valence-corrected chi connectivity index (χ3v) is 8.79. The molecule has 0 unspecified atom stereocenters. The fourth-order valence-electron chi connectivity index (χ4n) is 4.70. The third kappa shape index (κ3) is 5.44. The summed E-state index contributed by atoms with van der Waals surface area (Å²) >= 11 is 0. The molecular formula is C25H30FN3O6S. The number of carbonyl (C=O) groups excluding carboxylic acids is 1. The summed E-state index contributed by atoms with van der Waals surface area (Å²) in [5.41, 5.74) is -0.310. The number of piperazine rings is 1. The predicted molar refractivity (Wildman–Crippen MR) is 130 cm³/mol. The number of aliphatic carboxylic acids is 1. The molecule has 0 aliphatic carbocycles. The molecule has 2 heterocycles. The molecule has 2 aliphatic rings. The number of nitrogens with zero attached hydrogens (tertiary/aromatic N) is 2. The van der Waals surface area contributed by atoms with E-state index in [0.717, 1.165) is 4.31 Å². The van der Waals surface area contributed by atoms with Gasteiger partial charge in [-0.15, -0.1) is 0 Å². The molecule has 1 amide bonds. The van der Waals surface area contributed by atoms with Crippen molar-refractivity contribution in [2.45, 2.75) is 29.7 Å². The highest BCUT2D eigenvalue weighted by Gasteiger charge is 2.51. The number of rotatable bonds is 8. The fourth-order valence-corrected chi connectivity index (χ4v) is 6.49. The summed E-state index contributed by atoms with van der Waals surface area (Å²) < 4.78 is 47.3. The molecule has 36 heavy (non-hydrogen) atoms. The van der Waals surface area contributed by atoms with Crippen LogP contribution >= 0.6 is 0 Å². The Labute approximate surface area is 209 Å². The zero-order valence-corrected chi connectivity index (χ0v) is 20.7. The van der Waals surface area contributed by atoms with Gasteiger partial charge in [-0.25, -0.2) is 12.8 Å². The summed E-state index contributed by atoms with van der Waals surface area (Å²) in [6, 6.07) is 11.8. The Hall–Kier alpha value is -2.86. The molecule has 2 aromatic rings. The Bertz CT molecular complexity index is 1180. The maximum Gasteiger partial charge on any atom is 0.325 e. The van der Waals surface area contributed by atoms with Crippen molar-refractivity contribution in [3.8, 4) is 11.1 Å². The number of amides is 1. The molecule has 2 fully saturated rings. The third-order valence-electron chi connectivity index (χ3n) is 6.81. The topological polar surface area (TPSA) is 116 Å². The van der Waals surface area contributed by atoms with Crippen LogP contribution < -0.4 is 5.32 Å². The van der Waals surface area contributed by atoms with Crippen LogP contribution in [0.3, 0.4) is 0 Å². The number of carbonyl (C=O) groups is 2. The highest BCUT2D eigenvalue weighted by molar-refractivity contribution is 7.89. The van der Waals surface area contributed by atoms with E-state index in [0.29, 0.717) is 37.3 Å². The maximum atomic E-state index is 13.9. The second-order valence-electron chi connectivity index (χ2n) is 8.94. The quantitative estimate of drug-likeness (QED) is 0.548. The van der Waals surface area contributed by atoms with Gasteiger partial charge in [-0.2, -0.15) is 4.31 Å². The highest BCUT2D eigenvalue weighted by atomic mass is 32.2. The van der Waals surface area contributed by atoms with Crippen LogP contribution in [0.25, 0.3) is 11.1 Å². The van der Waals surface area contributed by atoms with Crippen molar-refractivity contribution in [1.82, 2.24) is 14.5 Å². The minimum Gasteiger partial charge on any atom is -0.480 e. The second kappa shape index (κ2) is 11.0. The van der Waals surface area contributed by atoms with E-state index in [1.807, 2.05) is 0 Å². The molecule has 2 aromatic carbocycles. The predicted octanol–water partition coefficient (Wildman–Crippen LogP) is 1.94. The van der Waals surface area contributed by atoms with Crippen molar-refractivity contribution in [2.24, 2.45) is 0 Å². The van der Waals surface area contributed by atoms with E-state index in [4.69, 9.17) is 4.74 Å². The summed E-state index contributed by atoms with van der Waals surface area (Å²) in [6.07, 6.45) is -0.156. The van der Waals surface area contributed by atoms with Gasteiger partial charge in [-0.05, 0) is 35.4 Å². The van der Waals surface area contributed by atoms with Crippen molar-refractivity contribution in [3.63, 3.8) is 0 Å². The van der Waals surface area contributed by atoms with Crippen LogP contribution in [0.4, 0.5) is 4.39 Å². The minimum atomic E-state index is -4.28. The molecule has 2 N–H and O–H groups in total. The highest BCUT2D eigenvalue weighted by Crippen LogP contribution is 2.34. The molecule has 11 heteroatoms. The maximum absolute atomic E-state index is 13.9. The van der Waals surface area contributed by atoms with E-state index in [1.165, 1.54) is 24.3 Å². The van der Waals surface area contributed by atoms with Crippen molar-refractivity contribution >= 4 is 21.9 Å². The SMILES string of the molecule is O=C(CCN(C1(C(=O)O)CCOCC1)S(=O)(=O)c1ccc(-c2ccc(F)cc2)cc1)N1CCNCC1. The van der Waals surface area contributed by atoms with Crippen LogP contribution in [-0.2, 0) is 24.3 Å². The first-order valence-electron chi connectivity index (χ1n) is 11.9. The number of halogens is 1. The fraction of sp³-hybridized carbons (Fsp3) is 0.440. The van der Waals surface area contributed by atoms with Gasteiger partial charge in [-0.1, -0.05) is 24.3 Å². The van der Waals surface area contributed by atoms with Gasteiger partial charge in [0.1, 0.15) is 11.4 Å². The molecule has 0 spiro atoms. The van der Waals surface area contributed by atoms with Gasteiger partial charge in [0.15, 0.2) is 0 Å². The molecule has 4 rings (SSSR count). The van der Waals surface area contributed by atoms with Gasteiger partial charge in [-0.3, -0.25) is 9.59 Å². The number of nitrogens with one attached hydrogen (secondary N) is 1. The summed E-state index contributed by atoms with van der Waals surface area (Å²) in [4.78, 5) is 26.9. The lowest BCUT2D eigenvalue weighted by Crippen LogP contribution is -2.60. The van der Waals surface area contributed by atoms with E-state index >= 15 is 0 Å². The molecule has 9 nitrogen and oxygen atoms in total. The normalized spacial score (nSPS) is 18.2. The molecule has 0 atom stereocenters. The number of benzene rings is 2. The Morgan fingerprint density at radius 2 is 1.56 bits per heavy atom. The number of carboxylic acid groups (broad SMARTS) is 1. The summed E-state index contributed by atoms with van der Waals surface area (Å²) in [7, 11) is -4.28. The number of hydrogen-bond acceptors (Lipinski definition) is 6. The first kappa shape index (κ1) is 26.2. The van der Waals surface area contributed by atoms with E-state index in [1.54, 1.807) is 29.2 Å². The lowest BCUT2D eigenvalue weighted by Gasteiger charge is -2.42. The van der Waals surface area contributed by atoms with Crippen molar-refractivity contribution < 1.29 is 32.2 Å². The Morgan fingerprint density at radius 3 is 2.11 bits per heavy atom. The van der Waals surface area contributed by atoms with Crippen LogP contribution in [0.1, 0.15) is 19.3 Å². The van der Waals surface area contributed by atoms with E-state index < -0.39 is 21.5 Å². The van der Waals surface area contributed by atoms with E-state index in [-0.39, 0.29) is 55.6 Å². The Balaban J connectivity index is 1.64. The number of ether oxygens (including phenoxy) is 1. The molecule has 0 radical (unpaired) electrons.